The van der Waals surface area contributed by atoms with E-state index in [1.165, 1.54) is 0 Å². The summed E-state index contributed by atoms with van der Waals surface area (Å²) in [4.78, 5) is 25.7. The maximum absolute atomic E-state index is 12.6. The number of amides is 1. The number of benzene rings is 1. The smallest absolute Gasteiger partial charge is 0.306 e. The number of carboxylic acids is 1. The van der Waals surface area contributed by atoms with Crippen LogP contribution < -0.4 is 14.8 Å². The molecule has 1 aromatic carbocycles. The van der Waals surface area contributed by atoms with Gasteiger partial charge >= 0.3 is 5.97 Å². The maximum Gasteiger partial charge on any atom is 0.306 e. The van der Waals surface area contributed by atoms with Gasteiger partial charge in [0.15, 0.2) is 11.5 Å². The van der Waals surface area contributed by atoms with Crippen molar-refractivity contribution < 1.29 is 24.2 Å². The van der Waals surface area contributed by atoms with Gasteiger partial charge in [-0.3, -0.25) is 14.5 Å². The van der Waals surface area contributed by atoms with Gasteiger partial charge in [-0.25, -0.2) is 0 Å². The van der Waals surface area contributed by atoms with Gasteiger partial charge in [-0.2, -0.15) is 0 Å². The van der Waals surface area contributed by atoms with Crippen LogP contribution in [0.4, 0.5) is 0 Å². The van der Waals surface area contributed by atoms with Crippen LogP contribution in [0, 0.1) is 5.92 Å². The predicted molar refractivity (Wildman–Crippen MR) is 103 cm³/mol. The summed E-state index contributed by atoms with van der Waals surface area (Å²) in [7, 11) is 0. The third kappa shape index (κ3) is 5.05. The second-order valence-corrected chi connectivity index (χ2v) is 6.96. The first-order valence-corrected chi connectivity index (χ1v) is 9.12. The van der Waals surface area contributed by atoms with E-state index in [0.717, 1.165) is 11.3 Å². The van der Waals surface area contributed by atoms with Crippen LogP contribution in [0.25, 0.3) is 0 Å². The Balaban J connectivity index is 0.00000261. The number of carboxylic acid groups (broad SMARTS) is 1. The Morgan fingerprint density at radius 3 is 2.41 bits per heavy atom. The zero-order valence-electron chi connectivity index (χ0n) is 15.6. The molecule has 0 aliphatic carbocycles. The Bertz CT molecular complexity index is 676. The molecule has 7 nitrogen and oxygen atoms in total. The highest BCUT2D eigenvalue weighted by molar-refractivity contribution is 5.85. The zero-order valence-corrected chi connectivity index (χ0v) is 16.5. The normalized spacial score (nSPS) is 19.5. The van der Waals surface area contributed by atoms with E-state index in [0.29, 0.717) is 44.9 Å². The summed E-state index contributed by atoms with van der Waals surface area (Å²) in [6, 6.07) is 5.26. The van der Waals surface area contributed by atoms with Gasteiger partial charge in [-0.05, 0) is 57.5 Å². The lowest BCUT2D eigenvalue weighted by Crippen LogP contribution is -2.49. The zero-order chi connectivity index (χ0) is 18.7. The molecular formula is C19H27ClN2O5. The number of nitrogens with zero attached hydrogens (tertiary/aromatic N) is 1. The van der Waals surface area contributed by atoms with Gasteiger partial charge in [-0.1, -0.05) is 6.07 Å². The number of hydrogen-bond donors (Lipinski definition) is 2. The van der Waals surface area contributed by atoms with Crippen molar-refractivity contribution in [1.82, 2.24) is 10.2 Å². The standard InChI is InChI=1S/C19H26N2O5.ClH/c1-12(15-3-4-16-17(11-15)26-10-9-25-16)20-18(22)13(2)21-7-5-14(6-8-21)19(23)24;/h3-4,11-14H,5-10H2,1-2H3,(H,20,22)(H,23,24);1H. The molecule has 2 unspecified atom stereocenters. The molecule has 0 bridgehead atoms. The molecule has 8 heteroatoms. The van der Waals surface area contributed by atoms with E-state index in [1.54, 1.807) is 0 Å². The van der Waals surface area contributed by atoms with Gasteiger partial charge in [-0.15, -0.1) is 12.4 Å². The van der Waals surface area contributed by atoms with Crippen molar-refractivity contribution in [2.75, 3.05) is 26.3 Å². The second-order valence-electron chi connectivity index (χ2n) is 6.96. The first-order valence-electron chi connectivity index (χ1n) is 9.12. The molecular weight excluding hydrogens is 372 g/mol. The number of likely N-dealkylation sites (tertiary alicyclic amines) is 1. The summed E-state index contributed by atoms with van der Waals surface area (Å²) in [5, 5.41) is 12.1. The number of fused-ring (bicyclic) bond motifs is 1. The molecule has 2 aliphatic heterocycles. The van der Waals surface area contributed by atoms with Crippen LogP contribution in [0.3, 0.4) is 0 Å². The SMILES string of the molecule is CC(NC(=O)C(C)N1CCC(C(=O)O)CC1)c1ccc2c(c1)OCCO2.Cl. The van der Waals surface area contributed by atoms with Crippen LogP contribution in [0.2, 0.25) is 0 Å². The number of hydrogen-bond acceptors (Lipinski definition) is 5. The van der Waals surface area contributed by atoms with Gasteiger partial charge in [0, 0.05) is 0 Å². The second kappa shape index (κ2) is 9.28. The molecule has 2 N–H and O–H groups in total. The van der Waals surface area contributed by atoms with Crippen molar-refractivity contribution in [1.29, 1.82) is 0 Å². The Hall–Kier alpha value is -1.99. The van der Waals surface area contributed by atoms with Crippen molar-refractivity contribution in [2.24, 2.45) is 5.92 Å². The average Bonchev–Trinajstić information content (AvgIpc) is 2.67. The summed E-state index contributed by atoms with van der Waals surface area (Å²) in [6.07, 6.45) is 1.18. The van der Waals surface area contributed by atoms with Crippen LogP contribution in [0.5, 0.6) is 11.5 Å². The van der Waals surface area contributed by atoms with Gasteiger partial charge in [0.2, 0.25) is 5.91 Å². The Labute approximate surface area is 165 Å². The molecule has 2 heterocycles. The molecule has 0 saturated carbocycles. The number of carbonyl (C=O) groups excluding carboxylic acids is 1. The molecule has 1 saturated heterocycles. The number of rotatable bonds is 5. The van der Waals surface area contributed by atoms with Crippen molar-refractivity contribution in [3.8, 4) is 11.5 Å². The number of nitrogens with one attached hydrogen (secondary N) is 1. The highest BCUT2D eigenvalue weighted by atomic mass is 35.5. The minimum atomic E-state index is -0.742. The van der Waals surface area contributed by atoms with Gasteiger partial charge in [0.1, 0.15) is 13.2 Å². The van der Waals surface area contributed by atoms with Crippen molar-refractivity contribution in [2.45, 2.75) is 38.8 Å². The van der Waals surface area contributed by atoms with Crippen LogP contribution in [-0.2, 0) is 9.59 Å². The summed E-state index contributed by atoms with van der Waals surface area (Å²) in [5.74, 6) is 0.347. The van der Waals surface area contributed by atoms with Gasteiger partial charge < -0.3 is 19.9 Å². The minimum absolute atomic E-state index is 0. The van der Waals surface area contributed by atoms with Crippen LogP contribution in [0.1, 0.15) is 38.3 Å². The summed E-state index contributed by atoms with van der Waals surface area (Å²) < 4.78 is 11.1. The van der Waals surface area contributed by atoms with E-state index < -0.39 is 5.97 Å². The molecule has 2 aliphatic rings. The fourth-order valence-corrected chi connectivity index (χ4v) is 3.45. The largest absolute Gasteiger partial charge is 0.486 e. The van der Waals surface area contributed by atoms with Crippen molar-refractivity contribution in [3.63, 3.8) is 0 Å². The van der Waals surface area contributed by atoms with Gasteiger partial charge in [0.25, 0.3) is 0 Å². The average molecular weight is 399 g/mol. The van der Waals surface area contributed by atoms with Crippen LogP contribution >= 0.6 is 12.4 Å². The Morgan fingerprint density at radius 1 is 1.15 bits per heavy atom. The number of aliphatic carboxylic acids is 1. The number of carbonyl (C=O) groups is 2. The minimum Gasteiger partial charge on any atom is -0.486 e. The molecule has 0 spiro atoms. The van der Waals surface area contributed by atoms with E-state index in [1.807, 2.05) is 36.9 Å². The lowest BCUT2D eigenvalue weighted by Gasteiger charge is -2.34. The topological polar surface area (TPSA) is 88.1 Å². The van der Waals surface area contributed by atoms with E-state index in [2.05, 4.69) is 5.32 Å². The third-order valence-corrected chi connectivity index (χ3v) is 5.23. The Morgan fingerprint density at radius 2 is 1.78 bits per heavy atom. The highest BCUT2D eigenvalue weighted by Crippen LogP contribution is 2.32. The first-order chi connectivity index (χ1) is 12.5. The van der Waals surface area contributed by atoms with E-state index in [-0.39, 0.29) is 36.3 Å². The fraction of sp³-hybridized carbons (Fsp3) is 0.579. The van der Waals surface area contributed by atoms with E-state index >= 15 is 0 Å². The van der Waals surface area contributed by atoms with Crippen molar-refractivity contribution in [3.05, 3.63) is 23.8 Å². The van der Waals surface area contributed by atoms with Gasteiger partial charge in [0.05, 0.1) is 18.0 Å². The van der Waals surface area contributed by atoms with Crippen molar-refractivity contribution >= 4 is 24.3 Å². The molecule has 1 fully saturated rings. The van der Waals surface area contributed by atoms with Crippen LogP contribution in [0.15, 0.2) is 18.2 Å². The molecule has 0 radical (unpaired) electrons. The lowest BCUT2D eigenvalue weighted by atomic mass is 9.96. The highest BCUT2D eigenvalue weighted by Gasteiger charge is 2.30. The lowest BCUT2D eigenvalue weighted by molar-refractivity contribution is -0.143. The number of ether oxygens (including phenoxy) is 2. The van der Waals surface area contributed by atoms with E-state index in [9.17, 15) is 9.59 Å². The summed E-state index contributed by atoms with van der Waals surface area (Å²) in [5.41, 5.74) is 0.958. The molecule has 1 amide bonds. The predicted octanol–water partition coefficient (Wildman–Crippen LogP) is 2.24. The quantitative estimate of drug-likeness (QED) is 0.790. The summed E-state index contributed by atoms with van der Waals surface area (Å²) in [6.45, 7) is 6.14. The molecule has 0 aromatic heterocycles. The molecule has 3 rings (SSSR count). The number of piperidine rings is 1. The molecule has 2 atom stereocenters. The molecule has 1 aromatic rings. The number of halogens is 1. The monoisotopic (exact) mass is 398 g/mol. The third-order valence-electron chi connectivity index (χ3n) is 5.23. The van der Waals surface area contributed by atoms with Crippen LogP contribution in [-0.4, -0.2) is 54.2 Å². The summed E-state index contributed by atoms with van der Waals surface area (Å²) >= 11 is 0. The fourth-order valence-electron chi connectivity index (χ4n) is 3.45. The maximum atomic E-state index is 12.6. The molecule has 27 heavy (non-hydrogen) atoms. The van der Waals surface area contributed by atoms with E-state index in [4.69, 9.17) is 14.6 Å². The molecule has 150 valence electrons. The Kier molecular flexibility index (Phi) is 7.33. The first kappa shape index (κ1) is 21.3.